The number of carbonyl (C=O) groups excluding carboxylic acids is 2. The number of likely N-dealkylation sites (tertiary alicyclic amines) is 1. The molecule has 3 heterocycles. The minimum atomic E-state index is -0.527. The molecule has 0 unspecified atom stereocenters. The summed E-state index contributed by atoms with van der Waals surface area (Å²) in [5, 5.41) is 1.51. The maximum atomic E-state index is 12.6. The van der Waals surface area contributed by atoms with Crippen LogP contribution < -0.4 is 0 Å². The van der Waals surface area contributed by atoms with Crippen molar-refractivity contribution in [2.75, 3.05) is 19.6 Å². The van der Waals surface area contributed by atoms with Gasteiger partial charge in [-0.2, -0.15) is 5.06 Å². The Balaban J connectivity index is 1.51. The van der Waals surface area contributed by atoms with Gasteiger partial charge in [0.15, 0.2) is 0 Å². The average molecular weight is 439 g/mol. The molecule has 4 aliphatic rings. The molecule has 0 radical (unpaired) electrons. The van der Waals surface area contributed by atoms with Crippen molar-refractivity contribution in [3.63, 3.8) is 0 Å². The molecule has 4 rings (SSSR count). The highest BCUT2D eigenvalue weighted by atomic mass is 16.7. The lowest BCUT2D eigenvalue weighted by atomic mass is 9.78. The normalized spacial score (nSPS) is 32.1. The van der Waals surface area contributed by atoms with Gasteiger partial charge in [-0.3, -0.25) is 9.63 Å². The second-order valence-corrected chi connectivity index (χ2v) is 11.8. The molecule has 1 aliphatic carbocycles. The van der Waals surface area contributed by atoms with Crippen LogP contribution in [0.25, 0.3) is 0 Å². The van der Waals surface area contributed by atoms with E-state index in [0.717, 1.165) is 58.2 Å². The van der Waals surface area contributed by atoms with Crippen molar-refractivity contribution in [3.8, 4) is 0 Å². The molecule has 3 saturated heterocycles. The zero-order valence-electron chi connectivity index (χ0n) is 20.5. The van der Waals surface area contributed by atoms with Crippen molar-refractivity contribution < 1.29 is 23.9 Å². The first-order valence-electron chi connectivity index (χ1n) is 11.9. The number of fused-ring (bicyclic) bond motifs is 3. The predicted molar refractivity (Wildman–Crippen MR) is 118 cm³/mol. The van der Waals surface area contributed by atoms with Crippen LogP contribution in [0.15, 0.2) is 0 Å². The Morgan fingerprint density at radius 1 is 1.06 bits per heavy atom. The van der Waals surface area contributed by atoms with Gasteiger partial charge in [0.2, 0.25) is 0 Å². The van der Waals surface area contributed by atoms with Crippen molar-refractivity contribution in [1.29, 1.82) is 0 Å². The maximum absolute atomic E-state index is 12.6. The quantitative estimate of drug-likeness (QED) is 0.600. The van der Waals surface area contributed by atoms with Gasteiger partial charge in [-0.05, 0) is 80.1 Å². The lowest BCUT2D eigenvalue weighted by Gasteiger charge is -2.52. The minimum absolute atomic E-state index is 0.00910. The van der Waals surface area contributed by atoms with Gasteiger partial charge in [0.1, 0.15) is 11.7 Å². The van der Waals surface area contributed by atoms with Crippen molar-refractivity contribution in [3.05, 3.63) is 0 Å². The summed E-state index contributed by atoms with van der Waals surface area (Å²) in [4.78, 5) is 33.6. The third-order valence-corrected chi connectivity index (χ3v) is 6.73. The van der Waals surface area contributed by atoms with E-state index in [1.807, 2.05) is 41.5 Å². The second kappa shape index (κ2) is 8.89. The predicted octanol–water partition coefficient (Wildman–Crippen LogP) is 4.54. The summed E-state index contributed by atoms with van der Waals surface area (Å²) in [5.41, 5.74) is -1.27. The number of esters is 1. The van der Waals surface area contributed by atoms with E-state index in [1.54, 1.807) is 0 Å². The number of hydrogen-bond donors (Lipinski definition) is 0. The Bertz CT molecular complexity index is 658. The van der Waals surface area contributed by atoms with Crippen LogP contribution in [0.1, 0.15) is 87.0 Å². The van der Waals surface area contributed by atoms with Crippen LogP contribution in [0.2, 0.25) is 0 Å². The molecule has 4 fully saturated rings. The first-order valence-corrected chi connectivity index (χ1v) is 11.9. The van der Waals surface area contributed by atoms with Crippen molar-refractivity contribution in [2.45, 2.75) is 110 Å². The number of hydrogen-bond acceptors (Lipinski definition) is 6. The number of amides is 1. The summed E-state index contributed by atoms with van der Waals surface area (Å²) < 4.78 is 11.4. The third kappa shape index (κ3) is 6.13. The van der Waals surface area contributed by atoms with E-state index in [-0.39, 0.29) is 29.8 Å². The van der Waals surface area contributed by atoms with Crippen LogP contribution in [0.3, 0.4) is 0 Å². The molecule has 2 bridgehead atoms. The van der Waals surface area contributed by atoms with Gasteiger partial charge >= 0.3 is 12.1 Å². The number of piperidine rings is 1. The van der Waals surface area contributed by atoms with E-state index in [1.165, 1.54) is 5.06 Å². The molecule has 1 amide bonds. The molecule has 3 aliphatic heterocycles. The lowest BCUT2D eigenvalue weighted by Crippen LogP contribution is -2.59. The van der Waals surface area contributed by atoms with Gasteiger partial charge in [0.05, 0.1) is 17.1 Å². The fraction of sp³-hybridized carbons (Fsp3) is 0.917. The van der Waals surface area contributed by atoms with Gasteiger partial charge in [-0.1, -0.05) is 6.92 Å². The highest BCUT2D eigenvalue weighted by molar-refractivity contribution is 5.75. The van der Waals surface area contributed by atoms with Gasteiger partial charge in [-0.25, -0.2) is 4.79 Å². The first kappa shape index (κ1) is 24.3. The summed E-state index contributed by atoms with van der Waals surface area (Å²) >= 11 is 0. The van der Waals surface area contributed by atoms with E-state index < -0.39 is 11.0 Å². The van der Waals surface area contributed by atoms with Crippen LogP contribution in [0.5, 0.6) is 0 Å². The van der Waals surface area contributed by atoms with Gasteiger partial charge in [-0.15, -0.1) is 0 Å². The molecule has 178 valence electrons. The Morgan fingerprint density at radius 2 is 1.71 bits per heavy atom. The smallest absolute Gasteiger partial charge is 0.434 e. The van der Waals surface area contributed by atoms with E-state index in [0.29, 0.717) is 5.92 Å². The fourth-order valence-electron chi connectivity index (χ4n) is 4.79. The zero-order valence-corrected chi connectivity index (χ0v) is 20.5. The number of carbonyl (C=O) groups is 2. The highest BCUT2D eigenvalue weighted by Crippen LogP contribution is 2.44. The molecule has 0 N–H and O–H groups in total. The van der Waals surface area contributed by atoms with E-state index in [4.69, 9.17) is 14.3 Å². The lowest BCUT2D eigenvalue weighted by molar-refractivity contribution is -0.306. The Hall–Kier alpha value is -1.34. The number of nitrogens with zero attached hydrogens (tertiary/aromatic N) is 2. The van der Waals surface area contributed by atoms with Crippen molar-refractivity contribution >= 4 is 12.1 Å². The SMILES string of the molecule is C[C@H]1CN(CC[C@]23CC[C@H](CC2)N(C(=O)OC(C)(C)C)O3)CC[C@@H]1OC(=O)C(C)(C)C. The number of rotatable bonds is 4. The van der Waals surface area contributed by atoms with Crippen LogP contribution in [-0.4, -0.2) is 65.0 Å². The Kier molecular flexibility index (Phi) is 6.97. The van der Waals surface area contributed by atoms with Crippen LogP contribution in [0.4, 0.5) is 4.79 Å². The van der Waals surface area contributed by atoms with E-state index >= 15 is 0 Å². The maximum Gasteiger partial charge on any atom is 0.434 e. The monoisotopic (exact) mass is 438 g/mol. The Labute approximate surface area is 187 Å². The van der Waals surface area contributed by atoms with Crippen LogP contribution >= 0.6 is 0 Å². The molecule has 0 spiro atoms. The van der Waals surface area contributed by atoms with Gasteiger partial charge < -0.3 is 14.4 Å². The summed E-state index contributed by atoms with van der Waals surface area (Å²) in [6.07, 6.45) is 5.32. The Morgan fingerprint density at radius 3 is 2.26 bits per heavy atom. The average Bonchev–Trinajstić information content (AvgIpc) is 2.67. The summed E-state index contributed by atoms with van der Waals surface area (Å²) in [5.74, 6) is 0.185. The number of ether oxygens (including phenoxy) is 2. The van der Waals surface area contributed by atoms with Crippen LogP contribution in [0, 0.1) is 11.3 Å². The largest absolute Gasteiger partial charge is 0.462 e. The molecule has 1 saturated carbocycles. The molecule has 31 heavy (non-hydrogen) atoms. The standard InChI is InChI=1S/C24H42N2O5/c1-17-16-25(14-10-19(17)29-20(27)22(2,3)4)15-13-24-11-8-18(9-12-24)26(31-24)21(28)30-23(5,6)7/h17-19H,8-16H2,1-7H3/t17-,18-,19-,24+/m0/s1. The molecule has 7 heteroatoms. The molecular formula is C24H42N2O5. The van der Waals surface area contributed by atoms with Crippen molar-refractivity contribution in [2.24, 2.45) is 11.3 Å². The molecule has 2 atom stereocenters. The van der Waals surface area contributed by atoms with E-state index in [9.17, 15) is 9.59 Å². The van der Waals surface area contributed by atoms with Gasteiger partial charge in [0, 0.05) is 25.6 Å². The second-order valence-electron chi connectivity index (χ2n) is 11.8. The zero-order chi connectivity index (χ0) is 23.0. The van der Waals surface area contributed by atoms with E-state index in [2.05, 4.69) is 11.8 Å². The third-order valence-electron chi connectivity index (χ3n) is 6.73. The molecule has 7 nitrogen and oxygen atoms in total. The summed E-state index contributed by atoms with van der Waals surface area (Å²) in [6.45, 7) is 16.3. The summed E-state index contributed by atoms with van der Waals surface area (Å²) in [7, 11) is 0. The molecule has 0 aromatic rings. The molecule has 0 aromatic heterocycles. The fourth-order valence-corrected chi connectivity index (χ4v) is 4.79. The summed E-state index contributed by atoms with van der Waals surface area (Å²) in [6, 6.07) is 0.130. The molecular weight excluding hydrogens is 396 g/mol. The number of hydroxylamine groups is 2. The first-order chi connectivity index (χ1) is 14.3. The highest BCUT2D eigenvalue weighted by Gasteiger charge is 2.49. The van der Waals surface area contributed by atoms with Crippen molar-refractivity contribution in [1.82, 2.24) is 9.96 Å². The van der Waals surface area contributed by atoms with Gasteiger partial charge in [0.25, 0.3) is 0 Å². The van der Waals surface area contributed by atoms with Crippen LogP contribution in [-0.2, 0) is 19.1 Å². The topological polar surface area (TPSA) is 68.3 Å². The minimum Gasteiger partial charge on any atom is -0.462 e. The molecule has 0 aromatic carbocycles.